The van der Waals surface area contributed by atoms with Crippen LogP contribution < -0.4 is 5.32 Å². The number of hydrogen-bond acceptors (Lipinski definition) is 2. The van der Waals surface area contributed by atoms with Crippen molar-refractivity contribution in [2.24, 2.45) is 0 Å². The molecule has 86 valence electrons. The summed E-state index contributed by atoms with van der Waals surface area (Å²) in [6, 6.07) is 5.13. The summed E-state index contributed by atoms with van der Waals surface area (Å²) in [7, 11) is 0. The Labute approximate surface area is 104 Å². The molecular weight excluding hydrogens is 249 g/mol. The van der Waals surface area contributed by atoms with Crippen LogP contribution >= 0.6 is 23.2 Å². The molecule has 0 saturated carbocycles. The summed E-state index contributed by atoms with van der Waals surface area (Å²) in [5, 5.41) is 3.31. The van der Waals surface area contributed by atoms with Gasteiger partial charge in [-0.2, -0.15) is 0 Å². The third-order valence-corrected chi connectivity index (χ3v) is 2.90. The predicted molar refractivity (Wildman–Crippen MR) is 63.6 cm³/mol. The molecule has 0 saturated heterocycles. The van der Waals surface area contributed by atoms with Crippen LogP contribution in [0.15, 0.2) is 18.2 Å². The fourth-order valence-electron chi connectivity index (χ4n) is 1.12. The molecule has 1 aromatic carbocycles. The second kappa shape index (κ2) is 5.87. The topological polar surface area (TPSA) is 46.2 Å². The van der Waals surface area contributed by atoms with E-state index in [1.807, 2.05) is 0 Å². The zero-order valence-corrected chi connectivity index (χ0v) is 10.2. The Hall–Kier alpha value is -1.06. The molecule has 0 atom stereocenters. The van der Waals surface area contributed by atoms with Crippen molar-refractivity contribution in [3.05, 3.63) is 33.8 Å². The monoisotopic (exact) mass is 259 g/mol. The maximum absolute atomic E-state index is 11.2. The van der Waals surface area contributed by atoms with Gasteiger partial charge in [0, 0.05) is 13.0 Å². The van der Waals surface area contributed by atoms with Crippen LogP contribution in [0.3, 0.4) is 0 Å². The van der Waals surface area contributed by atoms with Crippen molar-refractivity contribution in [1.82, 2.24) is 5.32 Å². The minimum atomic E-state index is -0.599. The molecule has 1 aromatic rings. The predicted octanol–water partition coefficient (Wildman–Crippen LogP) is 2.59. The van der Waals surface area contributed by atoms with Crippen molar-refractivity contribution in [3.8, 4) is 0 Å². The first-order valence-electron chi connectivity index (χ1n) is 4.80. The molecule has 0 aliphatic rings. The molecule has 0 unspecified atom stereocenters. The number of carbonyl (C=O) groups excluding carboxylic acids is 2. The summed E-state index contributed by atoms with van der Waals surface area (Å²) in [5.41, 5.74) is 0.686. The standard InChI is InChI=1S/C11H11Cl2NO2/c1-2-9(15)11(16)14-6-7-4-3-5-8(12)10(7)13/h3-5H,2,6H2,1H3,(H,14,16). The largest absolute Gasteiger partial charge is 0.345 e. The molecule has 0 bridgehead atoms. The fourth-order valence-corrected chi connectivity index (χ4v) is 1.51. The van der Waals surface area contributed by atoms with Gasteiger partial charge in [0.2, 0.25) is 5.78 Å². The van der Waals surface area contributed by atoms with E-state index in [1.165, 1.54) is 0 Å². The van der Waals surface area contributed by atoms with Gasteiger partial charge in [0.05, 0.1) is 10.0 Å². The summed E-state index contributed by atoms with van der Waals surface area (Å²) >= 11 is 11.7. The van der Waals surface area contributed by atoms with Crippen LogP contribution in [0.25, 0.3) is 0 Å². The number of amides is 1. The molecule has 1 N–H and O–H groups in total. The highest BCUT2D eigenvalue weighted by Crippen LogP contribution is 2.25. The lowest BCUT2D eigenvalue weighted by molar-refractivity contribution is -0.137. The van der Waals surface area contributed by atoms with Crippen molar-refractivity contribution in [1.29, 1.82) is 0 Å². The molecule has 5 heteroatoms. The highest BCUT2D eigenvalue weighted by Gasteiger charge is 2.11. The second-order valence-corrected chi connectivity index (χ2v) is 3.96. The van der Waals surface area contributed by atoms with Crippen molar-refractivity contribution in [2.75, 3.05) is 0 Å². The highest BCUT2D eigenvalue weighted by atomic mass is 35.5. The quantitative estimate of drug-likeness (QED) is 0.846. The van der Waals surface area contributed by atoms with Crippen LogP contribution in [0.4, 0.5) is 0 Å². The van der Waals surface area contributed by atoms with Gasteiger partial charge in [-0.15, -0.1) is 0 Å². The number of rotatable bonds is 4. The van der Waals surface area contributed by atoms with Gasteiger partial charge in [0.15, 0.2) is 0 Å². The Morgan fingerprint density at radius 1 is 1.31 bits per heavy atom. The summed E-state index contributed by atoms with van der Waals surface area (Å²) in [6.45, 7) is 1.83. The molecular formula is C11H11Cl2NO2. The average molecular weight is 260 g/mol. The van der Waals surface area contributed by atoms with Crippen LogP contribution in [0.5, 0.6) is 0 Å². The van der Waals surface area contributed by atoms with Crippen molar-refractivity contribution >= 4 is 34.9 Å². The molecule has 16 heavy (non-hydrogen) atoms. The van der Waals surface area contributed by atoms with Gasteiger partial charge < -0.3 is 5.32 Å². The number of benzene rings is 1. The first-order valence-corrected chi connectivity index (χ1v) is 5.55. The van der Waals surface area contributed by atoms with Crippen molar-refractivity contribution in [2.45, 2.75) is 19.9 Å². The van der Waals surface area contributed by atoms with Gasteiger partial charge in [0.1, 0.15) is 0 Å². The maximum Gasteiger partial charge on any atom is 0.287 e. The number of Topliss-reactive ketones (excluding diaryl/α,β-unsaturated/α-hetero) is 1. The van der Waals surface area contributed by atoms with E-state index in [1.54, 1.807) is 25.1 Å². The van der Waals surface area contributed by atoms with E-state index in [0.29, 0.717) is 15.6 Å². The summed E-state index contributed by atoms with van der Waals surface area (Å²) in [6.07, 6.45) is 0.190. The molecule has 0 aliphatic heterocycles. The van der Waals surface area contributed by atoms with Gasteiger partial charge >= 0.3 is 0 Å². The molecule has 0 aliphatic carbocycles. The van der Waals surface area contributed by atoms with Crippen LogP contribution in [-0.4, -0.2) is 11.7 Å². The molecule has 1 amide bonds. The van der Waals surface area contributed by atoms with E-state index in [-0.39, 0.29) is 13.0 Å². The first kappa shape index (κ1) is 13.0. The Kier molecular flexibility index (Phi) is 4.77. The van der Waals surface area contributed by atoms with E-state index in [2.05, 4.69) is 5.32 Å². The van der Waals surface area contributed by atoms with Gasteiger partial charge in [0.25, 0.3) is 5.91 Å². The fraction of sp³-hybridized carbons (Fsp3) is 0.273. The zero-order valence-electron chi connectivity index (χ0n) is 8.72. The second-order valence-electron chi connectivity index (χ2n) is 3.17. The number of halogens is 2. The number of carbonyl (C=O) groups is 2. The number of hydrogen-bond donors (Lipinski definition) is 1. The van der Waals surface area contributed by atoms with Gasteiger partial charge in [-0.05, 0) is 11.6 Å². The molecule has 0 heterocycles. The lowest BCUT2D eigenvalue weighted by atomic mass is 10.2. The van der Waals surface area contributed by atoms with E-state index in [9.17, 15) is 9.59 Å². The Morgan fingerprint density at radius 2 is 2.00 bits per heavy atom. The number of nitrogens with one attached hydrogen (secondary N) is 1. The van der Waals surface area contributed by atoms with Crippen LogP contribution in [0.1, 0.15) is 18.9 Å². The Morgan fingerprint density at radius 3 is 2.62 bits per heavy atom. The Bertz CT molecular complexity index is 418. The van der Waals surface area contributed by atoms with E-state index in [4.69, 9.17) is 23.2 Å². The number of ketones is 1. The summed E-state index contributed by atoms with van der Waals surface area (Å²) < 4.78 is 0. The summed E-state index contributed by atoms with van der Waals surface area (Å²) in [4.78, 5) is 22.2. The van der Waals surface area contributed by atoms with Gasteiger partial charge in [-0.25, -0.2) is 0 Å². The van der Waals surface area contributed by atoms with Gasteiger partial charge in [-0.1, -0.05) is 42.3 Å². The van der Waals surface area contributed by atoms with E-state index in [0.717, 1.165) is 0 Å². The average Bonchev–Trinajstić information content (AvgIpc) is 2.29. The van der Waals surface area contributed by atoms with Crippen molar-refractivity contribution in [3.63, 3.8) is 0 Å². The molecule has 0 spiro atoms. The van der Waals surface area contributed by atoms with E-state index >= 15 is 0 Å². The molecule has 0 aromatic heterocycles. The SMILES string of the molecule is CCC(=O)C(=O)NCc1cccc(Cl)c1Cl. The van der Waals surface area contributed by atoms with Gasteiger partial charge in [-0.3, -0.25) is 9.59 Å². The minimum absolute atomic E-state index is 0.190. The zero-order chi connectivity index (χ0) is 12.1. The third-order valence-electron chi connectivity index (χ3n) is 2.05. The van der Waals surface area contributed by atoms with Crippen LogP contribution in [0.2, 0.25) is 10.0 Å². The molecule has 0 fully saturated rings. The highest BCUT2D eigenvalue weighted by molar-refractivity contribution is 6.42. The lowest BCUT2D eigenvalue weighted by Crippen LogP contribution is -2.30. The minimum Gasteiger partial charge on any atom is -0.345 e. The third kappa shape index (κ3) is 3.22. The maximum atomic E-state index is 11.2. The molecule has 0 radical (unpaired) electrons. The smallest absolute Gasteiger partial charge is 0.287 e. The van der Waals surface area contributed by atoms with Crippen LogP contribution in [-0.2, 0) is 16.1 Å². The first-order chi connectivity index (χ1) is 7.56. The molecule has 1 rings (SSSR count). The Balaban J connectivity index is 2.65. The lowest BCUT2D eigenvalue weighted by Gasteiger charge is -2.06. The van der Waals surface area contributed by atoms with E-state index < -0.39 is 11.7 Å². The van der Waals surface area contributed by atoms with Crippen LogP contribution in [0, 0.1) is 0 Å². The molecule has 3 nitrogen and oxygen atoms in total. The van der Waals surface area contributed by atoms with Crippen molar-refractivity contribution < 1.29 is 9.59 Å². The summed E-state index contributed by atoms with van der Waals surface area (Å²) in [5.74, 6) is -1.04. The normalized spacial score (nSPS) is 9.94.